The van der Waals surface area contributed by atoms with Crippen molar-refractivity contribution in [2.75, 3.05) is 13.2 Å². The number of carbonyl (C=O) groups excluding carboxylic acids is 2. The minimum absolute atomic E-state index is 0.0878. The lowest BCUT2D eigenvalue weighted by atomic mass is 10.1. The molecule has 0 aliphatic heterocycles. The van der Waals surface area contributed by atoms with E-state index in [-0.39, 0.29) is 30.2 Å². The van der Waals surface area contributed by atoms with Crippen molar-refractivity contribution in [1.29, 1.82) is 0 Å². The average molecular weight is 335 g/mol. The number of halogens is 1. The van der Waals surface area contributed by atoms with Gasteiger partial charge in [0.15, 0.2) is 11.4 Å². The van der Waals surface area contributed by atoms with Crippen LogP contribution in [0.1, 0.15) is 34.7 Å². The van der Waals surface area contributed by atoms with Crippen molar-refractivity contribution in [2.45, 2.75) is 13.8 Å². The lowest BCUT2D eigenvalue weighted by molar-refractivity contribution is 0.0512. The van der Waals surface area contributed by atoms with Crippen LogP contribution in [0.2, 0.25) is 0 Å². The summed E-state index contributed by atoms with van der Waals surface area (Å²) in [5.41, 5.74) is 0.104. The number of rotatable bonds is 5. The molecule has 0 amide bonds. The van der Waals surface area contributed by atoms with E-state index in [0.29, 0.717) is 5.56 Å². The molecule has 0 bridgehead atoms. The fourth-order valence-corrected chi connectivity index (χ4v) is 2.47. The van der Waals surface area contributed by atoms with E-state index in [1.54, 1.807) is 19.9 Å². The Morgan fingerprint density at radius 3 is 2.38 bits per heavy atom. The molecule has 0 radical (unpaired) electrons. The van der Waals surface area contributed by atoms with Gasteiger partial charge in [0.2, 0.25) is 0 Å². The van der Waals surface area contributed by atoms with Crippen molar-refractivity contribution in [3.8, 4) is 17.0 Å². The summed E-state index contributed by atoms with van der Waals surface area (Å²) in [5.74, 6) is -2.65. The van der Waals surface area contributed by atoms with Crippen LogP contribution in [0, 0.1) is 5.82 Å². The number of esters is 2. The molecule has 1 heterocycles. The number of hydrogen-bond donors (Lipinski definition) is 1. The number of ether oxygens (including phenoxy) is 2. The van der Waals surface area contributed by atoms with Crippen LogP contribution in [0.5, 0.6) is 5.75 Å². The smallest absolute Gasteiger partial charge is 0.358 e. The molecule has 0 aliphatic carbocycles. The summed E-state index contributed by atoms with van der Waals surface area (Å²) in [5, 5.41) is 10.4. The SMILES string of the molecule is CCOC(=O)c1c(O)c(C(=O)OCC)n(C)c1-c1cccc(F)c1. The number of aromatic hydroxyl groups is 1. The standard InChI is InChI=1S/C17H18FNO5/c1-4-23-16(21)12-13(10-7-6-8-11(18)9-10)19(3)14(15(12)20)17(22)24-5-2/h6-9,20H,4-5H2,1-3H3. The second-order valence-electron chi connectivity index (χ2n) is 4.93. The van der Waals surface area contributed by atoms with Crippen molar-refractivity contribution in [1.82, 2.24) is 4.57 Å². The van der Waals surface area contributed by atoms with Crippen LogP contribution in [-0.2, 0) is 16.5 Å². The summed E-state index contributed by atoms with van der Waals surface area (Å²) in [7, 11) is 1.48. The van der Waals surface area contributed by atoms with Gasteiger partial charge >= 0.3 is 11.9 Å². The lowest BCUT2D eigenvalue weighted by Crippen LogP contribution is -2.10. The highest BCUT2D eigenvalue weighted by atomic mass is 19.1. The first-order valence-electron chi connectivity index (χ1n) is 7.44. The summed E-state index contributed by atoms with van der Waals surface area (Å²) in [6, 6.07) is 5.48. The van der Waals surface area contributed by atoms with Crippen LogP contribution >= 0.6 is 0 Å². The summed E-state index contributed by atoms with van der Waals surface area (Å²) < 4.78 is 24.7. The zero-order valence-electron chi connectivity index (χ0n) is 13.6. The Bertz CT molecular complexity index is 782. The molecular formula is C17H18FNO5. The third kappa shape index (κ3) is 3.10. The average Bonchev–Trinajstić information content (AvgIpc) is 2.78. The highest BCUT2D eigenvalue weighted by Crippen LogP contribution is 2.37. The first-order chi connectivity index (χ1) is 11.4. The predicted molar refractivity (Wildman–Crippen MR) is 84.4 cm³/mol. The molecule has 1 N–H and O–H groups in total. The van der Waals surface area contributed by atoms with Gasteiger partial charge in [-0.15, -0.1) is 0 Å². The Hall–Kier alpha value is -2.83. The molecule has 0 saturated carbocycles. The van der Waals surface area contributed by atoms with Gasteiger partial charge in [-0.05, 0) is 26.0 Å². The molecule has 0 fully saturated rings. The summed E-state index contributed by atoms with van der Waals surface area (Å²) >= 11 is 0. The molecule has 1 aromatic heterocycles. The van der Waals surface area contributed by atoms with Crippen molar-refractivity contribution >= 4 is 11.9 Å². The Balaban J connectivity index is 2.73. The van der Waals surface area contributed by atoms with E-state index < -0.39 is 23.5 Å². The zero-order valence-corrected chi connectivity index (χ0v) is 13.6. The topological polar surface area (TPSA) is 77.8 Å². The van der Waals surface area contributed by atoms with Gasteiger partial charge in [0.1, 0.15) is 11.4 Å². The Morgan fingerprint density at radius 1 is 1.17 bits per heavy atom. The van der Waals surface area contributed by atoms with Crippen molar-refractivity contribution in [3.05, 3.63) is 41.3 Å². The van der Waals surface area contributed by atoms with Gasteiger partial charge in [-0.3, -0.25) is 0 Å². The quantitative estimate of drug-likeness (QED) is 0.850. The van der Waals surface area contributed by atoms with Crippen LogP contribution in [0.4, 0.5) is 4.39 Å². The number of hydrogen-bond acceptors (Lipinski definition) is 5. The van der Waals surface area contributed by atoms with Gasteiger partial charge in [-0.1, -0.05) is 12.1 Å². The molecule has 0 saturated heterocycles. The van der Waals surface area contributed by atoms with E-state index >= 15 is 0 Å². The third-order valence-corrected chi connectivity index (χ3v) is 3.42. The van der Waals surface area contributed by atoms with Crippen LogP contribution in [-0.4, -0.2) is 34.8 Å². The molecular weight excluding hydrogens is 317 g/mol. The maximum Gasteiger partial charge on any atom is 0.358 e. The molecule has 2 rings (SSSR count). The Morgan fingerprint density at radius 2 is 1.79 bits per heavy atom. The van der Waals surface area contributed by atoms with Gasteiger partial charge in [0.25, 0.3) is 0 Å². The number of carbonyl (C=O) groups is 2. The molecule has 24 heavy (non-hydrogen) atoms. The van der Waals surface area contributed by atoms with E-state index in [0.717, 1.165) is 0 Å². The van der Waals surface area contributed by atoms with Gasteiger partial charge in [0.05, 0.1) is 18.9 Å². The first-order valence-corrected chi connectivity index (χ1v) is 7.44. The first kappa shape index (κ1) is 17.5. The zero-order chi connectivity index (χ0) is 17.9. The maximum atomic E-state index is 13.6. The van der Waals surface area contributed by atoms with E-state index in [2.05, 4.69) is 0 Å². The largest absolute Gasteiger partial charge is 0.505 e. The third-order valence-electron chi connectivity index (χ3n) is 3.42. The second-order valence-corrected chi connectivity index (χ2v) is 4.93. The van der Waals surface area contributed by atoms with Crippen LogP contribution < -0.4 is 0 Å². The molecule has 2 aromatic rings. The van der Waals surface area contributed by atoms with Gasteiger partial charge in [-0.2, -0.15) is 0 Å². The molecule has 128 valence electrons. The molecule has 0 unspecified atom stereocenters. The lowest BCUT2D eigenvalue weighted by Gasteiger charge is -2.08. The number of aromatic nitrogens is 1. The van der Waals surface area contributed by atoms with Crippen LogP contribution in [0.15, 0.2) is 24.3 Å². The molecule has 1 aromatic carbocycles. The van der Waals surface area contributed by atoms with Gasteiger partial charge < -0.3 is 19.1 Å². The van der Waals surface area contributed by atoms with Crippen molar-refractivity contribution in [3.63, 3.8) is 0 Å². The molecule has 0 spiro atoms. The molecule has 0 atom stereocenters. The number of nitrogens with zero attached hydrogens (tertiary/aromatic N) is 1. The van der Waals surface area contributed by atoms with E-state index in [1.807, 2.05) is 0 Å². The summed E-state index contributed by atoms with van der Waals surface area (Å²) in [4.78, 5) is 24.4. The molecule has 0 aliphatic rings. The van der Waals surface area contributed by atoms with E-state index in [1.165, 1.54) is 29.8 Å². The molecule has 7 heteroatoms. The van der Waals surface area contributed by atoms with Gasteiger partial charge in [0, 0.05) is 12.6 Å². The Labute approximate surface area is 138 Å². The second kappa shape index (κ2) is 7.16. The fourth-order valence-electron chi connectivity index (χ4n) is 2.47. The van der Waals surface area contributed by atoms with Crippen LogP contribution in [0.25, 0.3) is 11.3 Å². The van der Waals surface area contributed by atoms with E-state index in [4.69, 9.17) is 9.47 Å². The minimum atomic E-state index is -0.805. The fraction of sp³-hybridized carbons (Fsp3) is 0.294. The number of benzene rings is 1. The highest BCUT2D eigenvalue weighted by Gasteiger charge is 2.31. The minimum Gasteiger partial charge on any atom is -0.505 e. The monoisotopic (exact) mass is 335 g/mol. The van der Waals surface area contributed by atoms with Gasteiger partial charge in [-0.25, -0.2) is 14.0 Å². The summed E-state index contributed by atoms with van der Waals surface area (Å²) in [6.45, 7) is 3.43. The summed E-state index contributed by atoms with van der Waals surface area (Å²) in [6.07, 6.45) is 0. The normalized spacial score (nSPS) is 10.5. The predicted octanol–water partition coefficient (Wildman–Crippen LogP) is 2.89. The Kier molecular flexibility index (Phi) is 5.23. The van der Waals surface area contributed by atoms with Crippen molar-refractivity contribution in [2.24, 2.45) is 7.05 Å². The van der Waals surface area contributed by atoms with Crippen molar-refractivity contribution < 1.29 is 28.6 Å². The maximum absolute atomic E-state index is 13.6. The highest BCUT2D eigenvalue weighted by molar-refractivity contribution is 6.05. The van der Waals surface area contributed by atoms with E-state index in [9.17, 15) is 19.1 Å². The molecule has 6 nitrogen and oxygen atoms in total. The van der Waals surface area contributed by atoms with Crippen LogP contribution in [0.3, 0.4) is 0 Å².